The summed E-state index contributed by atoms with van der Waals surface area (Å²) >= 11 is 4.94. The fraction of sp³-hybridized carbons (Fsp3) is 0.375. The number of aliphatic carboxylic acids is 1. The van der Waals surface area contributed by atoms with Crippen LogP contribution in [0, 0.1) is 0 Å². The molecule has 1 atom stereocenters. The first-order valence-corrected chi connectivity index (χ1v) is 5.46. The summed E-state index contributed by atoms with van der Waals surface area (Å²) < 4.78 is 1.06. The molecule has 0 spiro atoms. The van der Waals surface area contributed by atoms with Crippen LogP contribution in [0.25, 0.3) is 0 Å². The number of carbonyl (C=O) groups is 1. The van der Waals surface area contributed by atoms with Crippen LogP contribution in [-0.2, 0) is 11.3 Å². The molecule has 0 unspecified atom stereocenters. The largest absolute Gasteiger partial charge is 0.480 e. The molecule has 0 fully saturated rings. The number of hydrogen-bond donors (Lipinski definition) is 2. The van der Waals surface area contributed by atoms with Gasteiger partial charge in [0, 0.05) is 6.54 Å². The van der Waals surface area contributed by atoms with Gasteiger partial charge in [-0.1, -0.05) is 0 Å². The molecule has 0 aliphatic rings. The summed E-state index contributed by atoms with van der Waals surface area (Å²) in [5, 5.41) is 13.5. The van der Waals surface area contributed by atoms with Gasteiger partial charge in [0.05, 0.1) is 3.79 Å². The lowest BCUT2D eigenvalue weighted by Crippen LogP contribution is -2.32. The van der Waals surface area contributed by atoms with E-state index in [-0.39, 0.29) is 0 Å². The Labute approximate surface area is 88.9 Å². The monoisotopic (exact) mass is 263 g/mol. The Morgan fingerprint density at radius 1 is 1.85 bits per heavy atom. The topological polar surface area (TPSA) is 49.3 Å². The van der Waals surface area contributed by atoms with E-state index in [2.05, 4.69) is 21.2 Å². The second-order valence-corrected chi connectivity index (χ2v) is 4.99. The van der Waals surface area contributed by atoms with Crippen molar-refractivity contribution >= 4 is 33.2 Å². The van der Waals surface area contributed by atoms with Crippen LogP contribution in [0.1, 0.15) is 12.5 Å². The van der Waals surface area contributed by atoms with Crippen molar-refractivity contribution in [3.63, 3.8) is 0 Å². The normalized spacial score (nSPS) is 12.8. The second-order valence-electron chi connectivity index (χ2n) is 2.70. The first-order chi connectivity index (χ1) is 6.09. The number of thiophene rings is 1. The molecule has 0 saturated carbocycles. The van der Waals surface area contributed by atoms with E-state index in [1.54, 1.807) is 18.3 Å². The molecule has 0 saturated heterocycles. The van der Waals surface area contributed by atoms with Crippen molar-refractivity contribution in [3.05, 3.63) is 20.8 Å². The van der Waals surface area contributed by atoms with E-state index in [0.29, 0.717) is 6.54 Å². The smallest absolute Gasteiger partial charge is 0.320 e. The molecule has 5 heteroatoms. The lowest BCUT2D eigenvalue weighted by Gasteiger charge is -2.06. The minimum Gasteiger partial charge on any atom is -0.480 e. The molecule has 2 N–H and O–H groups in total. The average molecular weight is 264 g/mol. The summed E-state index contributed by atoms with van der Waals surface area (Å²) in [5.74, 6) is -0.825. The van der Waals surface area contributed by atoms with Gasteiger partial charge < -0.3 is 10.4 Å². The molecule has 1 aromatic rings. The van der Waals surface area contributed by atoms with E-state index >= 15 is 0 Å². The second kappa shape index (κ2) is 4.74. The average Bonchev–Trinajstić information content (AvgIpc) is 2.47. The summed E-state index contributed by atoms with van der Waals surface area (Å²) in [5.41, 5.74) is 1.10. The van der Waals surface area contributed by atoms with Gasteiger partial charge in [-0.3, -0.25) is 4.79 Å². The van der Waals surface area contributed by atoms with Crippen LogP contribution in [0.3, 0.4) is 0 Å². The van der Waals surface area contributed by atoms with Crippen LogP contribution >= 0.6 is 27.3 Å². The number of halogens is 1. The highest BCUT2D eigenvalue weighted by Gasteiger charge is 2.09. The molecule has 1 heterocycles. The highest BCUT2D eigenvalue weighted by Crippen LogP contribution is 2.20. The van der Waals surface area contributed by atoms with E-state index in [1.807, 2.05) is 11.4 Å². The van der Waals surface area contributed by atoms with Gasteiger partial charge in [-0.15, -0.1) is 11.3 Å². The first kappa shape index (κ1) is 10.7. The van der Waals surface area contributed by atoms with Crippen LogP contribution in [0.2, 0.25) is 0 Å². The highest BCUT2D eigenvalue weighted by molar-refractivity contribution is 9.11. The van der Waals surface area contributed by atoms with E-state index in [1.165, 1.54) is 0 Å². The van der Waals surface area contributed by atoms with Crippen molar-refractivity contribution in [1.82, 2.24) is 5.32 Å². The Bertz CT molecular complexity index is 300. The SMILES string of the molecule is C[C@H](NCc1csc(Br)c1)C(=O)O. The van der Waals surface area contributed by atoms with Gasteiger partial charge in [0.25, 0.3) is 0 Å². The Morgan fingerprint density at radius 3 is 3.00 bits per heavy atom. The number of hydrogen-bond acceptors (Lipinski definition) is 3. The van der Waals surface area contributed by atoms with Crippen LogP contribution < -0.4 is 5.32 Å². The summed E-state index contributed by atoms with van der Waals surface area (Å²) in [7, 11) is 0. The lowest BCUT2D eigenvalue weighted by atomic mass is 10.3. The van der Waals surface area contributed by atoms with E-state index in [4.69, 9.17) is 5.11 Å². The van der Waals surface area contributed by atoms with Crippen molar-refractivity contribution in [2.45, 2.75) is 19.5 Å². The van der Waals surface area contributed by atoms with Crippen LogP contribution in [0.4, 0.5) is 0 Å². The third-order valence-electron chi connectivity index (χ3n) is 1.60. The molecule has 3 nitrogen and oxygen atoms in total. The standard InChI is InChI=1S/C8H10BrNO2S/c1-5(8(11)12)10-3-6-2-7(9)13-4-6/h2,4-5,10H,3H2,1H3,(H,11,12)/t5-/m0/s1. The Kier molecular flexibility index (Phi) is 3.90. The van der Waals surface area contributed by atoms with Gasteiger partial charge >= 0.3 is 5.97 Å². The molecule has 0 aliphatic carbocycles. The predicted molar refractivity (Wildman–Crippen MR) is 56.0 cm³/mol. The van der Waals surface area contributed by atoms with Gasteiger partial charge in [0.2, 0.25) is 0 Å². The minimum absolute atomic E-state index is 0.501. The first-order valence-electron chi connectivity index (χ1n) is 3.78. The third-order valence-corrected chi connectivity index (χ3v) is 3.16. The van der Waals surface area contributed by atoms with Gasteiger partial charge in [0.1, 0.15) is 6.04 Å². The summed E-state index contributed by atoms with van der Waals surface area (Å²) in [4.78, 5) is 10.5. The molecule has 0 radical (unpaired) electrons. The zero-order valence-corrected chi connectivity index (χ0v) is 9.48. The molecular formula is C8H10BrNO2S. The molecule has 0 aromatic carbocycles. The molecule has 0 aliphatic heterocycles. The minimum atomic E-state index is -0.825. The molecular weight excluding hydrogens is 254 g/mol. The summed E-state index contributed by atoms with van der Waals surface area (Å²) in [6.07, 6.45) is 0. The van der Waals surface area contributed by atoms with Crippen molar-refractivity contribution in [3.8, 4) is 0 Å². The van der Waals surface area contributed by atoms with Crippen molar-refractivity contribution in [2.24, 2.45) is 0 Å². The Morgan fingerprint density at radius 2 is 2.54 bits per heavy atom. The van der Waals surface area contributed by atoms with E-state index in [0.717, 1.165) is 9.35 Å². The Balaban J connectivity index is 2.39. The number of rotatable bonds is 4. The zero-order valence-electron chi connectivity index (χ0n) is 7.08. The third kappa shape index (κ3) is 3.46. The number of carboxylic acid groups (broad SMARTS) is 1. The Hall–Kier alpha value is -0.390. The van der Waals surface area contributed by atoms with Crippen LogP contribution in [0.5, 0.6) is 0 Å². The molecule has 0 bridgehead atoms. The maximum atomic E-state index is 10.5. The quantitative estimate of drug-likeness (QED) is 0.875. The predicted octanol–water partition coefficient (Wildman–Crippen LogP) is 2.07. The van der Waals surface area contributed by atoms with Crippen LogP contribution in [0.15, 0.2) is 15.2 Å². The molecule has 13 heavy (non-hydrogen) atoms. The van der Waals surface area contributed by atoms with Gasteiger partial charge in [-0.2, -0.15) is 0 Å². The lowest BCUT2D eigenvalue weighted by molar-refractivity contribution is -0.139. The fourth-order valence-electron chi connectivity index (χ4n) is 0.797. The zero-order chi connectivity index (χ0) is 9.84. The van der Waals surface area contributed by atoms with Gasteiger partial charge in [-0.25, -0.2) is 0 Å². The number of nitrogens with one attached hydrogen (secondary N) is 1. The van der Waals surface area contributed by atoms with Crippen molar-refractivity contribution in [1.29, 1.82) is 0 Å². The maximum absolute atomic E-state index is 10.5. The summed E-state index contributed by atoms with van der Waals surface area (Å²) in [6, 6.07) is 1.48. The molecule has 0 amide bonds. The van der Waals surface area contributed by atoms with Crippen molar-refractivity contribution in [2.75, 3.05) is 0 Å². The highest BCUT2D eigenvalue weighted by atomic mass is 79.9. The van der Waals surface area contributed by atoms with Gasteiger partial charge in [0.15, 0.2) is 0 Å². The van der Waals surface area contributed by atoms with Crippen molar-refractivity contribution < 1.29 is 9.90 Å². The maximum Gasteiger partial charge on any atom is 0.320 e. The van der Waals surface area contributed by atoms with E-state index in [9.17, 15) is 4.79 Å². The summed E-state index contributed by atoms with van der Waals surface area (Å²) in [6.45, 7) is 2.22. The number of carboxylic acids is 1. The van der Waals surface area contributed by atoms with Gasteiger partial charge in [-0.05, 0) is 39.9 Å². The van der Waals surface area contributed by atoms with Crippen LogP contribution in [-0.4, -0.2) is 17.1 Å². The molecule has 72 valence electrons. The molecule has 1 rings (SSSR count). The fourth-order valence-corrected chi connectivity index (χ4v) is 2.01. The van der Waals surface area contributed by atoms with E-state index < -0.39 is 12.0 Å². The molecule has 1 aromatic heterocycles.